The van der Waals surface area contributed by atoms with Gasteiger partial charge in [-0.05, 0) is 43.5 Å². The van der Waals surface area contributed by atoms with Crippen molar-refractivity contribution in [3.63, 3.8) is 0 Å². The second-order valence-electron chi connectivity index (χ2n) is 4.32. The first-order valence-electron chi connectivity index (χ1n) is 5.71. The SMILES string of the molecule is CC(O)(C1=CCCCO1)c1cccc(C#N)c1. The number of rotatable bonds is 2. The van der Waals surface area contributed by atoms with E-state index in [1.165, 1.54) is 0 Å². The van der Waals surface area contributed by atoms with Crippen LogP contribution in [-0.4, -0.2) is 11.7 Å². The molecule has 1 heterocycles. The molecule has 17 heavy (non-hydrogen) atoms. The topological polar surface area (TPSA) is 53.2 Å². The number of aliphatic hydroxyl groups is 1. The van der Waals surface area contributed by atoms with Crippen LogP contribution < -0.4 is 0 Å². The molecule has 1 aliphatic rings. The number of hydrogen-bond donors (Lipinski definition) is 1. The van der Waals surface area contributed by atoms with E-state index in [1.54, 1.807) is 31.2 Å². The van der Waals surface area contributed by atoms with Crippen molar-refractivity contribution in [2.75, 3.05) is 6.61 Å². The van der Waals surface area contributed by atoms with E-state index in [1.807, 2.05) is 6.08 Å². The maximum Gasteiger partial charge on any atom is 0.143 e. The Bertz CT molecular complexity index is 483. The number of nitrogens with zero attached hydrogens (tertiary/aromatic N) is 1. The van der Waals surface area contributed by atoms with Crippen molar-refractivity contribution in [1.29, 1.82) is 5.26 Å². The highest BCUT2D eigenvalue weighted by Crippen LogP contribution is 2.32. The van der Waals surface area contributed by atoms with Crippen molar-refractivity contribution in [2.45, 2.75) is 25.4 Å². The Labute approximate surface area is 101 Å². The van der Waals surface area contributed by atoms with Gasteiger partial charge in [0.2, 0.25) is 0 Å². The lowest BCUT2D eigenvalue weighted by Crippen LogP contribution is -2.27. The fraction of sp³-hybridized carbons (Fsp3) is 0.357. The maximum atomic E-state index is 10.5. The summed E-state index contributed by atoms with van der Waals surface area (Å²) in [4.78, 5) is 0. The monoisotopic (exact) mass is 229 g/mol. The van der Waals surface area contributed by atoms with Crippen LogP contribution in [0.4, 0.5) is 0 Å². The van der Waals surface area contributed by atoms with Crippen LogP contribution in [0.2, 0.25) is 0 Å². The van der Waals surface area contributed by atoms with Crippen molar-refractivity contribution in [3.05, 3.63) is 47.2 Å². The molecule has 0 fully saturated rings. The van der Waals surface area contributed by atoms with E-state index in [2.05, 4.69) is 6.07 Å². The molecule has 0 radical (unpaired) electrons. The van der Waals surface area contributed by atoms with Crippen LogP contribution in [0.25, 0.3) is 0 Å². The zero-order valence-corrected chi connectivity index (χ0v) is 9.81. The quantitative estimate of drug-likeness (QED) is 0.847. The van der Waals surface area contributed by atoms with Gasteiger partial charge < -0.3 is 9.84 Å². The zero-order valence-electron chi connectivity index (χ0n) is 9.81. The standard InChI is InChI=1S/C14H15NO2/c1-14(16,13-7-2-3-8-17-13)12-6-4-5-11(9-12)10-15/h4-7,9,16H,2-3,8H2,1H3. The molecule has 0 aromatic heterocycles. The van der Waals surface area contributed by atoms with Gasteiger partial charge in [-0.2, -0.15) is 5.26 Å². The van der Waals surface area contributed by atoms with Crippen LogP contribution in [0.5, 0.6) is 0 Å². The van der Waals surface area contributed by atoms with Gasteiger partial charge in [0.15, 0.2) is 0 Å². The van der Waals surface area contributed by atoms with Crippen molar-refractivity contribution in [2.24, 2.45) is 0 Å². The van der Waals surface area contributed by atoms with E-state index in [9.17, 15) is 5.11 Å². The van der Waals surface area contributed by atoms with Gasteiger partial charge in [0.05, 0.1) is 18.2 Å². The molecule has 2 rings (SSSR count). The molecule has 0 saturated carbocycles. The summed E-state index contributed by atoms with van der Waals surface area (Å²) < 4.78 is 5.50. The van der Waals surface area contributed by atoms with Gasteiger partial charge in [0.1, 0.15) is 11.4 Å². The van der Waals surface area contributed by atoms with Gasteiger partial charge in [-0.3, -0.25) is 0 Å². The third-order valence-electron chi connectivity index (χ3n) is 2.97. The van der Waals surface area contributed by atoms with Gasteiger partial charge in [-0.15, -0.1) is 0 Å². The second kappa shape index (κ2) is 4.60. The van der Waals surface area contributed by atoms with Crippen LogP contribution >= 0.6 is 0 Å². The molecule has 0 spiro atoms. The number of ether oxygens (including phenoxy) is 1. The van der Waals surface area contributed by atoms with Crippen LogP contribution in [0, 0.1) is 11.3 Å². The van der Waals surface area contributed by atoms with Crippen molar-refractivity contribution in [1.82, 2.24) is 0 Å². The Kier molecular flexibility index (Phi) is 3.16. The normalized spacial score (nSPS) is 18.5. The minimum Gasteiger partial charge on any atom is -0.495 e. The predicted molar refractivity (Wildman–Crippen MR) is 64.0 cm³/mol. The third-order valence-corrected chi connectivity index (χ3v) is 2.97. The lowest BCUT2D eigenvalue weighted by Gasteiger charge is -2.29. The van der Waals surface area contributed by atoms with E-state index in [0.717, 1.165) is 12.8 Å². The van der Waals surface area contributed by atoms with Crippen LogP contribution in [0.1, 0.15) is 30.9 Å². The molecule has 3 heteroatoms. The highest BCUT2D eigenvalue weighted by molar-refractivity contribution is 5.38. The molecular formula is C14H15NO2. The molecule has 1 aliphatic heterocycles. The van der Waals surface area contributed by atoms with E-state index in [0.29, 0.717) is 23.5 Å². The molecule has 1 atom stereocenters. The average molecular weight is 229 g/mol. The highest BCUT2D eigenvalue weighted by Gasteiger charge is 2.31. The number of allylic oxidation sites excluding steroid dienone is 1. The maximum absolute atomic E-state index is 10.5. The summed E-state index contributed by atoms with van der Waals surface area (Å²) in [6.45, 7) is 2.33. The summed E-state index contributed by atoms with van der Waals surface area (Å²) in [5.41, 5.74) is 0.0664. The minimum absolute atomic E-state index is 0.541. The van der Waals surface area contributed by atoms with E-state index in [-0.39, 0.29) is 0 Å². The molecule has 0 aliphatic carbocycles. The van der Waals surface area contributed by atoms with Crippen molar-refractivity contribution < 1.29 is 9.84 Å². The summed E-state index contributed by atoms with van der Waals surface area (Å²) in [5.74, 6) is 0.582. The third kappa shape index (κ3) is 2.32. The highest BCUT2D eigenvalue weighted by atomic mass is 16.5. The summed E-state index contributed by atoms with van der Waals surface area (Å²) in [5, 5.41) is 19.4. The molecule has 0 bridgehead atoms. The Morgan fingerprint density at radius 1 is 1.47 bits per heavy atom. The fourth-order valence-electron chi connectivity index (χ4n) is 1.93. The number of nitriles is 1. The molecule has 1 aromatic rings. The van der Waals surface area contributed by atoms with E-state index >= 15 is 0 Å². The van der Waals surface area contributed by atoms with Gasteiger partial charge >= 0.3 is 0 Å². The summed E-state index contributed by atoms with van der Waals surface area (Å²) >= 11 is 0. The lowest BCUT2D eigenvalue weighted by atomic mass is 9.91. The predicted octanol–water partition coefficient (Wildman–Crippen LogP) is 2.46. The molecule has 1 N–H and O–H groups in total. The van der Waals surface area contributed by atoms with Crippen molar-refractivity contribution >= 4 is 0 Å². The Morgan fingerprint density at radius 3 is 2.94 bits per heavy atom. The largest absolute Gasteiger partial charge is 0.495 e. The van der Waals surface area contributed by atoms with Crippen molar-refractivity contribution in [3.8, 4) is 6.07 Å². The Hall–Kier alpha value is -1.79. The van der Waals surface area contributed by atoms with Gasteiger partial charge in [0, 0.05) is 0 Å². The number of hydrogen-bond acceptors (Lipinski definition) is 3. The summed E-state index contributed by atoms with van der Waals surface area (Å²) in [7, 11) is 0. The van der Waals surface area contributed by atoms with E-state index < -0.39 is 5.60 Å². The molecule has 0 saturated heterocycles. The lowest BCUT2D eigenvalue weighted by molar-refractivity contribution is 0.0150. The fourth-order valence-corrected chi connectivity index (χ4v) is 1.93. The first-order valence-corrected chi connectivity index (χ1v) is 5.71. The van der Waals surface area contributed by atoms with Crippen LogP contribution in [0.15, 0.2) is 36.1 Å². The van der Waals surface area contributed by atoms with Gasteiger partial charge in [-0.1, -0.05) is 12.1 Å². The smallest absolute Gasteiger partial charge is 0.143 e. The second-order valence-corrected chi connectivity index (χ2v) is 4.32. The Morgan fingerprint density at radius 2 is 2.29 bits per heavy atom. The molecule has 3 nitrogen and oxygen atoms in total. The van der Waals surface area contributed by atoms with Gasteiger partial charge in [0.25, 0.3) is 0 Å². The summed E-state index contributed by atoms with van der Waals surface area (Å²) in [6.07, 6.45) is 3.82. The molecular weight excluding hydrogens is 214 g/mol. The van der Waals surface area contributed by atoms with Crippen LogP contribution in [-0.2, 0) is 10.3 Å². The van der Waals surface area contributed by atoms with Crippen LogP contribution in [0.3, 0.4) is 0 Å². The zero-order chi connectivity index (χ0) is 12.3. The molecule has 1 aromatic carbocycles. The Balaban J connectivity index is 2.36. The van der Waals surface area contributed by atoms with E-state index in [4.69, 9.17) is 10.00 Å². The summed E-state index contributed by atoms with van der Waals surface area (Å²) in [6, 6.07) is 9.06. The number of benzene rings is 1. The molecule has 88 valence electrons. The first kappa shape index (κ1) is 11.7. The molecule has 0 amide bonds. The average Bonchev–Trinajstić information content (AvgIpc) is 2.40. The minimum atomic E-state index is -1.16. The molecule has 1 unspecified atom stereocenters. The van der Waals surface area contributed by atoms with Gasteiger partial charge in [-0.25, -0.2) is 0 Å². The first-order chi connectivity index (χ1) is 8.14.